The zero-order chi connectivity index (χ0) is 22.2. The van der Waals surface area contributed by atoms with Gasteiger partial charge in [-0.05, 0) is 34.1 Å². The van der Waals surface area contributed by atoms with Gasteiger partial charge in [-0.15, -0.1) is 16.4 Å². The molecule has 168 valence electrons. The zero-order valence-electron chi connectivity index (χ0n) is 18.5. The highest BCUT2D eigenvalue weighted by molar-refractivity contribution is 7.13. The number of rotatable bonds is 5. The second-order valence-electron chi connectivity index (χ2n) is 8.07. The second-order valence-corrected chi connectivity index (χ2v) is 9.27. The topological polar surface area (TPSA) is 105 Å². The molecule has 3 amide bonds. The maximum Gasteiger partial charge on any atom is 0.317 e. The lowest BCUT2D eigenvalue weighted by molar-refractivity contribution is -0.0828. The molecular weight excluding hydrogens is 418 g/mol. The van der Waals surface area contributed by atoms with Gasteiger partial charge in [0.2, 0.25) is 0 Å². The van der Waals surface area contributed by atoms with E-state index in [9.17, 15) is 9.59 Å². The number of nitrogens with zero attached hydrogens (tertiary/aromatic N) is 6. The van der Waals surface area contributed by atoms with Crippen LogP contribution in [0.5, 0.6) is 0 Å². The molecule has 10 nitrogen and oxygen atoms in total. The number of amides is 3. The summed E-state index contributed by atoms with van der Waals surface area (Å²) in [4.78, 5) is 33.8. The van der Waals surface area contributed by atoms with Gasteiger partial charge in [0.25, 0.3) is 5.91 Å². The van der Waals surface area contributed by atoms with Gasteiger partial charge in [0.15, 0.2) is 0 Å². The molecule has 4 heterocycles. The lowest BCUT2D eigenvalue weighted by Crippen LogP contribution is -2.45. The largest absolute Gasteiger partial charge is 0.365 e. The average molecular weight is 448 g/mol. The Hall–Kier alpha value is -2.53. The molecule has 2 aromatic heterocycles. The van der Waals surface area contributed by atoms with Crippen molar-refractivity contribution < 1.29 is 14.3 Å². The standard InChI is InChI=1S/C20H29N7O3S/c1-5-25(6-2)19(29)21-9-15-16-10-30-20(12-27(16)24-23-15)7-8-26(11-20)18(28)17-13(3)22-14(4)31-17/h5-12H2,1-4H3,(H,21,29). The molecule has 11 heteroatoms. The summed E-state index contributed by atoms with van der Waals surface area (Å²) >= 11 is 1.44. The van der Waals surface area contributed by atoms with Crippen LogP contribution < -0.4 is 5.32 Å². The summed E-state index contributed by atoms with van der Waals surface area (Å²) in [7, 11) is 0. The van der Waals surface area contributed by atoms with E-state index in [1.165, 1.54) is 11.3 Å². The molecule has 2 aliphatic heterocycles. The number of ether oxygens (including phenoxy) is 1. The van der Waals surface area contributed by atoms with Crippen molar-refractivity contribution in [1.82, 2.24) is 35.1 Å². The SMILES string of the molecule is CCN(CC)C(=O)NCc1nnn2c1COC1(CCN(C(=O)c3sc(C)nc3C)C1)C2. The lowest BCUT2D eigenvalue weighted by atomic mass is 10.0. The second kappa shape index (κ2) is 8.54. The molecule has 2 aromatic rings. The third-order valence-electron chi connectivity index (χ3n) is 6.03. The van der Waals surface area contributed by atoms with Crippen LogP contribution in [0.3, 0.4) is 0 Å². The molecule has 1 saturated heterocycles. The molecule has 31 heavy (non-hydrogen) atoms. The van der Waals surface area contributed by atoms with E-state index >= 15 is 0 Å². The third kappa shape index (κ3) is 4.16. The van der Waals surface area contributed by atoms with Gasteiger partial charge in [-0.2, -0.15) is 0 Å². The predicted molar refractivity (Wildman–Crippen MR) is 115 cm³/mol. The van der Waals surface area contributed by atoms with Gasteiger partial charge in [0, 0.05) is 19.6 Å². The summed E-state index contributed by atoms with van der Waals surface area (Å²) in [5.41, 5.74) is 1.93. The molecule has 0 aliphatic carbocycles. The van der Waals surface area contributed by atoms with Crippen LogP contribution in [0.2, 0.25) is 0 Å². The molecular formula is C20H29N7O3S. The smallest absolute Gasteiger partial charge is 0.317 e. The van der Waals surface area contributed by atoms with Gasteiger partial charge < -0.3 is 19.9 Å². The van der Waals surface area contributed by atoms with Gasteiger partial charge in [-0.25, -0.2) is 14.5 Å². The van der Waals surface area contributed by atoms with Gasteiger partial charge in [-0.3, -0.25) is 4.79 Å². The predicted octanol–water partition coefficient (Wildman–Crippen LogP) is 1.72. The van der Waals surface area contributed by atoms with E-state index in [4.69, 9.17) is 4.74 Å². The Morgan fingerprint density at radius 3 is 2.71 bits per heavy atom. The molecule has 0 bridgehead atoms. The molecule has 1 N–H and O–H groups in total. The summed E-state index contributed by atoms with van der Waals surface area (Å²) < 4.78 is 8.13. The zero-order valence-corrected chi connectivity index (χ0v) is 19.3. The summed E-state index contributed by atoms with van der Waals surface area (Å²) in [6.45, 7) is 11.4. The number of carbonyl (C=O) groups is 2. The van der Waals surface area contributed by atoms with Crippen molar-refractivity contribution in [1.29, 1.82) is 0 Å². The minimum absolute atomic E-state index is 0.0211. The minimum atomic E-state index is -0.453. The summed E-state index contributed by atoms with van der Waals surface area (Å²) in [5.74, 6) is 0.0211. The highest BCUT2D eigenvalue weighted by Gasteiger charge is 2.45. The highest BCUT2D eigenvalue weighted by atomic mass is 32.1. The third-order valence-corrected chi connectivity index (χ3v) is 7.09. The van der Waals surface area contributed by atoms with Crippen molar-refractivity contribution in [3.63, 3.8) is 0 Å². The number of urea groups is 1. The fourth-order valence-electron chi connectivity index (χ4n) is 4.25. The number of thiazole rings is 1. The monoisotopic (exact) mass is 447 g/mol. The molecule has 1 fully saturated rings. The Balaban J connectivity index is 1.40. The van der Waals surface area contributed by atoms with E-state index in [-0.39, 0.29) is 11.9 Å². The quantitative estimate of drug-likeness (QED) is 0.748. The Morgan fingerprint density at radius 2 is 2.03 bits per heavy atom. The van der Waals surface area contributed by atoms with E-state index in [0.29, 0.717) is 50.8 Å². The van der Waals surface area contributed by atoms with Crippen LogP contribution in [-0.4, -0.2) is 73.5 Å². The van der Waals surface area contributed by atoms with Crippen LogP contribution in [-0.2, 0) is 24.4 Å². The number of fused-ring (bicyclic) bond motifs is 1. The molecule has 1 spiro atoms. The highest BCUT2D eigenvalue weighted by Crippen LogP contribution is 2.34. The summed E-state index contributed by atoms with van der Waals surface area (Å²) in [5, 5.41) is 12.4. The molecule has 0 radical (unpaired) electrons. The van der Waals surface area contributed by atoms with Crippen LogP contribution in [0.15, 0.2) is 0 Å². The summed E-state index contributed by atoms with van der Waals surface area (Å²) in [6, 6.07) is -0.113. The average Bonchev–Trinajstić information content (AvgIpc) is 3.44. The van der Waals surface area contributed by atoms with Crippen molar-refractivity contribution in [2.45, 2.75) is 59.4 Å². The number of hydrogen-bond acceptors (Lipinski definition) is 7. The van der Waals surface area contributed by atoms with Crippen LogP contribution >= 0.6 is 11.3 Å². The molecule has 0 saturated carbocycles. The fourth-order valence-corrected chi connectivity index (χ4v) is 5.14. The minimum Gasteiger partial charge on any atom is -0.365 e. The lowest BCUT2D eigenvalue weighted by Gasteiger charge is -2.33. The van der Waals surface area contributed by atoms with Crippen molar-refractivity contribution in [2.24, 2.45) is 0 Å². The number of aryl methyl sites for hydroxylation is 2. The Morgan fingerprint density at radius 1 is 1.26 bits per heavy atom. The number of likely N-dealkylation sites (tertiary alicyclic amines) is 1. The molecule has 1 atom stereocenters. The number of nitrogens with one attached hydrogen (secondary N) is 1. The Labute approximate surface area is 185 Å². The van der Waals surface area contributed by atoms with Crippen LogP contribution in [0.4, 0.5) is 4.79 Å². The first-order chi connectivity index (χ1) is 14.9. The first-order valence-corrected chi connectivity index (χ1v) is 11.5. The van der Waals surface area contributed by atoms with E-state index < -0.39 is 5.60 Å². The first-order valence-electron chi connectivity index (χ1n) is 10.7. The van der Waals surface area contributed by atoms with Gasteiger partial charge in [0.05, 0.1) is 42.6 Å². The Bertz CT molecular complexity index is 984. The van der Waals surface area contributed by atoms with E-state index in [2.05, 4.69) is 20.6 Å². The normalized spacial score (nSPS) is 20.2. The summed E-state index contributed by atoms with van der Waals surface area (Å²) in [6.07, 6.45) is 0.753. The van der Waals surface area contributed by atoms with Crippen LogP contribution in [0.25, 0.3) is 0 Å². The van der Waals surface area contributed by atoms with Crippen molar-refractivity contribution in [3.8, 4) is 0 Å². The molecule has 0 aromatic carbocycles. The van der Waals surface area contributed by atoms with Crippen molar-refractivity contribution in [3.05, 3.63) is 27.0 Å². The maximum absolute atomic E-state index is 13.0. The van der Waals surface area contributed by atoms with E-state index in [1.54, 1.807) is 4.90 Å². The maximum atomic E-state index is 13.0. The van der Waals surface area contributed by atoms with Crippen molar-refractivity contribution >= 4 is 23.3 Å². The van der Waals surface area contributed by atoms with Gasteiger partial charge in [0.1, 0.15) is 16.2 Å². The van der Waals surface area contributed by atoms with Crippen LogP contribution in [0.1, 0.15) is 52.0 Å². The van der Waals surface area contributed by atoms with E-state index in [1.807, 2.05) is 37.3 Å². The number of carbonyl (C=O) groups excluding carboxylic acids is 2. The fraction of sp³-hybridized carbons (Fsp3) is 0.650. The molecule has 2 aliphatic rings. The molecule has 1 unspecified atom stereocenters. The number of aromatic nitrogens is 4. The van der Waals surface area contributed by atoms with E-state index in [0.717, 1.165) is 28.5 Å². The van der Waals surface area contributed by atoms with Crippen LogP contribution in [0, 0.1) is 13.8 Å². The Kier molecular flexibility index (Phi) is 5.98. The number of hydrogen-bond donors (Lipinski definition) is 1. The van der Waals surface area contributed by atoms with Crippen molar-refractivity contribution in [2.75, 3.05) is 26.2 Å². The first kappa shape index (κ1) is 21.7. The molecule has 4 rings (SSSR count). The van der Waals surface area contributed by atoms with Gasteiger partial charge >= 0.3 is 6.03 Å². The van der Waals surface area contributed by atoms with Gasteiger partial charge in [-0.1, -0.05) is 5.21 Å².